The Kier molecular flexibility index (Phi) is 3.42. The molecule has 0 fully saturated rings. The van der Waals surface area contributed by atoms with Gasteiger partial charge < -0.3 is 4.42 Å². The predicted molar refractivity (Wildman–Crippen MR) is 101 cm³/mol. The van der Waals surface area contributed by atoms with Gasteiger partial charge in [0, 0.05) is 22.3 Å². The molecule has 24 heavy (non-hydrogen) atoms. The number of aryl methyl sites for hydroxylation is 2. The normalized spacial score (nSPS) is 11.7. The standard InChI is InChI=1S/C22H21NO/c1-13(2)20-12-18-21(16-10-14(3)9-15(4)11-16)23-19-8-6-5-7-17(19)22(18)24-20/h5-13H,1-4H3. The average molecular weight is 315 g/mol. The van der Waals surface area contributed by atoms with Crippen LogP contribution in [0.3, 0.4) is 0 Å². The van der Waals surface area contributed by atoms with Crippen LogP contribution in [-0.4, -0.2) is 4.98 Å². The summed E-state index contributed by atoms with van der Waals surface area (Å²) in [7, 11) is 0. The third kappa shape index (κ3) is 2.39. The number of aromatic nitrogens is 1. The van der Waals surface area contributed by atoms with E-state index in [1.165, 1.54) is 11.1 Å². The van der Waals surface area contributed by atoms with E-state index in [0.717, 1.165) is 38.9 Å². The number of hydrogen-bond acceptors (Lipinski definition) is 2. The molecule has 0 radical (unpaired) electrons. The van der Waals surface area contributed by atoms with Gasteiger partial charge >= 0.3 is 0 Å². The van der Waals surface area contributed by atoms with Crippen LogP contribution in [-0.2, 0) is 0 Å². The van der Waals surface area contributed by atoms with Gasteiger partial charge in [0.05, 0.1) is 11.2 Å². The number of furan rings is 1. The molecule has 2 heterocycles. The summed E-state index contributed by atoms with van der Waals surface area (Å²) in [6.45, 7) is 8.57. The molecule has 0 bridgehead atoms. The second-order valence-corrected chi connectivity index (χ2v) is 6.90. The van der Waals surface area contributed by atoms with E-state index in [1.807, 2.05) is 12.1 Å². The van der Waals surface area contributed by atoms with Crippen LogP contribution in [0.5, 0.6) is 0 Å². The number of rotatable bonds is 2. The van der Waals surface area contributed by atoms with E-state index in [0.29, 0.717) is 5.92 Å². The highest BCUT2D eigenvalue weighted by Gasteiger charge is 2.16. The Hall–Kier alpha value is -2.61. The van der Waals surface area contributed by atoms with Crippen molar-refractivity contribution < 1.29 is 4.42 Å². The minimum absolute atomic E-state index is 0.350. The molecule has 0 spiro atoms. The number of benzene rings is 2. The lowest BCUT2D eigenvalue weighted by atomic mass is 10.0. The molecule has 2 nitrogen and oxygen atoms in total. The van der Waals surface area contributed by atoms with Crippen molar-refractivity contribution in [3.05, 3.63) is 65.4 Å². The van der Waals surface area contributed by atoms with Crippen LogP contribution in [0.15, 0.2) is 52.9 Å². The molecular formula is C22H21NO. The molecule has 0 aliphatic heterocycles. The van der Waals surface area contributed by atoms with Crippen molar-refractivity contribution >= 4 is 21.9 Å². The van der Waals surface area contributed by atoms with Crippen molar-refractivity contribution in [2.45, 2.75) is 33.6 Å². The molecule has 0 unspecified atom stereocenters. The summed E-state index contributed by atoms with van der Waals surface area (Å²) in [4.78, 5) is 4.97. The monoisotopic (exact) mass is 315 g/mol. The smallest absolute Gasteiger partial charge is 0.145 e. The molecule has 2 aromatic heterocycles. The second-order valence-electron chi connectivity index (χ2n) is 6.90. The van der Waals surface area contributed by atoms with Gasteiger partial charge in [0.15, 0.2) is 0 Å². The first-order valence-electron chi connectivity index (χ1n) is 8.44. The van der Waals surface area contributed by atoms with E-state index in [2.05, 4.69) is 64.1 Å². The molecule has 2 aromatic carbocycles. The first-order chi connectivity index (χ1) is 11.5. The number of hydrogen-bond donors (Lipinski definition) is 0. The molecule has 0 saturated heterocycles. The molecule has 0 saturated carbocycles. The van der Waals surface area contributed by atoms with E-state index in [4.69, 9.17) is 9.40 Å². The largest absolute Gasteiger partial charge is 0.460 e. The van der Waals surface area contributed by atoms with Gasteiger partial charge in [0.25, 0.3) is 0 Å². The molecule has 0 N–H and O–H groups in total. The zero-order chi connectivity index (χ0) is 16.8. The summed E-state index contributed by atoms with van der Waals surface area (Å²) in [5, 5.41) is 2.18. The lowest BCUT2D eigenvalue weighted by molar-refractivity contribution is 0.524. The Morgan fingerprint density at radius 3 is 2.29 bits per heavy atom. The van der Waals surface area contributed by atoms with Crippen molar-refractivity contribution in [1.82, 2.24) is 4.98 Å². The van der Waals surface area contributed by atoms with E-state index in [9.17, 15) is 0 Å². The van der Waals surface area contributed by atoms with Gasteiger partial charge in [-0.05, 0) is 44.2 Å². The highest BCUT2D eigenvalue weighted by atomic mass is 16.3. The SMILES string of the molecule is Cc1cc(C)cc(-c2nc3ccccc3c3oc(C(C)C)cc23)c1. The van der Waals surface area contributed by atoms with Gasteiger partial charge in [-0.15, -0.1) is 0 Å². The van der Waals surface area contributed by atoms with Crippen LogP contribution in [0.4, 0.5) is 0 Å². The van der Waals surface area contributed by atoms with Crippen molar-refractivity contribution in [1.29, 1.82) is 0 Å². The molecule has 4 aromatic rings. The van der Waals surface area contributed by atoms with Gasteiger partial charge in [-0.2, -0.15) is 0 Å². The van der Waals surface area contributed by atoms with Crippen LogP contribution in [0.1, 0.15) is 36.7 Å². The molecule has 4 rings (SSSR count). The fraction of sp³-hybridized carbons (Fsp3) is 0.227. The first-order valence-corrected chi connectivity index (χ1v) is 8.44. The third-order valence-corrected chi connectivity index (χ3v) is 4.45. The number of fused-ring (bicyclic) bond motifs is 3. The molecule has 0 atom stereocenters. The molecule has 0 aliphatic rings. The maximum Gasteiger partial charge on any atom is 0.145 e. The zero-order valence-electron chi connectivity index (χ0n) is 14.6. The van der Waals surface area contributed by atoms with Gasteiger partial charge in [0.2, 0.25) is 0 Å². The Morgan fingerprint density at radius 2 is 1.58 bits per heavy atom. The maximum absolute atomic E-state index is 6.23. The second kappa shape index (κ2) is 5.48. The van der Waals surface area contributed by atoms with Crippen LogP contribution in [0.25, 0.3) is 33.1 Å². The number of nitrogens with zero attached hydrogens (tertiary/aromatic N) is 1. The molecular weight excluding hydrogens is 294 g/mol. The van der Waals surface area contributed by atoms with E-state index in [-0.39, 0.29) is 0 Å². The third-order valence-electron chi connectivity index (χ3n) is 4.45. The molecule has 0 aliphatic carbocycles. The van der Waals surface area contributed by atoms with Crippen LogP contribution in [0.2, 0.25) is 0 Å². The van der Waals surface area contributed by atoms with Crippen LogP contribution < -0.4 is 0 Å². The highest BCUT2D eigenvalue weighted by Crippen LogP contribution is 2.36. The fourth-order valence-corrected chi connectivity index (χ4v) is 3.35. The average Bonchev–Trinajstić information content (AvgIpc) is 2.99. The van der Waals surface area contributed by atoms with Crippen molar-refractivity contribution in [3.8, 4) is 11.3 Å². The van der Waals surface area contributed by atoms with Crippen LogP contribution in [0, 0.1) is 13.8 Å². The lowest BCUT2D eigenvalue weighted by Crippen LogP contribution is -1.89. The minimum Gasteiger partial charge on any atom is -0.460 e. The van der Waals surface area contributed by atoms with Gasteiger partial charge in [0.1, 0.15) is 11.3 Å². The Bertz CT molecular complexity index is 1040. The first kappa shape index (κ1) is 14.9. The summed E-state index contributed by atoms with van der Waals surface area (Å²) >= 11 is 0. The number of para-hydroxylation sites is 1. The summed E-state index contributed by atoms with van der Waals surface area (Å²) in [6, 6.07) is 17.0. The van der Waals surface area contributed by atoms with E-state index in [1.54, 1.807) is 0 Å². The quantitative estimate of drug-likeness (QED) is 0.428. The maximum atomic E-state index is 6.23. The number of pyridine rings is 1. The lowest BCUT2D eigenvalue weighted by Gasteiger charge is -2.08. The van der Waals surface area contributed by atoms with Gasteiger partial charge in [-0.25, -0.2) is 4.98 Å². The van der Waals surface area contributed by atoms with Crippen molar-refractivity contribution in [3.63, 3.8) is 0 Å². The molecule has 120 valence electrons. The predicted octanol–water partition coefficient (Wildman–Crippen LogP) is 6.39. The Morgan fingerprint density at radius 1 is 0.875 bits per heavy atom. The van der Waals surface area contributed by atoms with Crippen LogP contribution >= 0.6 is 0 Å². The van der Waals surface area contributed by atoms with E-state index < -0.39 is 0 Å². The molecule has 2 heteroatoms. The summed E-state index contributed by atoms with van der Waals surface area (Å²) in [6.07, 6.45) is 0. The van der Waals surface area contributed by atoms with Crippen molar-refractivity contribution in [2.24, 2.45) is 0 Å². The molecule has 0 amide bonds. The fourth-order valence-electron chi connectivity index (χ4n) is 3.35. The van der Waals surface area contributed by atoms with Crippen molar-refractivity contribution in [2.75, 3.05) is 0 Å². The topological polar surface area (TPSA) is 26.0 Å². The Balaban J connectivity index is 2.12. The summed E-state index contributed by atoms with van der Waals surface area (Å²) in [5.74, 6) is 1.36. The van der Waals surface area contributed by atoms with E-state index >= 15 is 0 Å². The minimum atomic E-state index is 0.350. The van der Waals surface area contributed by atoms with Gasteiger partial charge in [-0.1, -0.05) is 43.2 Å². The summed E-state index contributed by atoms with van der Waals surface area (Å²) in [5.41, 5.74) is 6.58. The Labute approximate surface area is 142 Å². The summed E-state index contributed by atoms with van der Waals surface area (Å²) < 4.78 is 6.23. The van der Waals surface area contributed by atoms with Gasteiger partial charge in [-0.3, -0.25) is 0 Å². The zero-order valence-corrected chi connectivity index (χ0v) is 14.6. The highest BCUT2D eigenvalue weighted by molar-refractivity contribution is 6.08.